The highest BCUT2D eigenvalue weighted by Gasteiger charge is 2.38. The molecule has 1 aliphatic heterocycles. The highest BCUT2D eigenvalue weighted by Crippen LogP contribution is 2.28. The van der Waals surface area contributed by atoms with Crippen molar-refractivity contribution in [3.05, 3.63) is 23.7 Å². The fourth-order valence-corrected chi connectivity index (χ4v) is 6.34. The third-order valence-corrected chi connectivity index (χ3v) is 7.85. The first kappa shape index (κ1) is 21.8. The molecule has 1 atom stereocenters. The number of rotatable bonds is 8. The Labute approximate surface area is 175 Å². The van der Waals surface area contributed by atoms with Crippen LogP contribution in [0.3, 0.4) is 0 Å². The summed E-state index contributed by atoms with van der Waals surface area (Å²) in [4.78, 5) is 31.0. The normalized spacial score (nSPS) is 21.4. The van der Waals surface area contributed by atoms with Crippen LogP contribution in [-0.4, -0.2) is 66.9 Å². The molecule has 1 aromatic rings. The van der Waals surface area contributed by atoms with E-state index in [9.17, 15) is 18.0 Å². The summed E-state index contributed by atoms with van der Waals surface area (Å²) in [6.07, 6.45) is 7.02. The van der Waals surface area contributed by atoms with E-state index in [0.29, 0.717) is 18.1 Å². The molecular weight excluding hydrogens is 414 g/mol. The second-order valence-corrected chi connectivity index (χ2v) is 10.5. The van der Waals surface area contributed by atoms with E-state index < -0.39 is 22.4 Å². The van der Waals surface area contributed by atoms with E-state index in [2.05, 4.69) is 16.9 Å². The molecule has 10 heteroatoms. The number of hydrogen-bond acceptors (Lipinski definition) is 8. The summed E-state index contributed by atoms with van der Waals surface area (Å²) in [6.45, 7) is 3.73. The number of ether oxygens (including phenoxy) is 1. The lowest BCUT2D eigenvalue weighted by Crippen LogP contribution is -2.50. The number of esters is 1. The van der Waals surface area contributed by atoms with E-state index >= 15 is 0 Å². The second kappa shape index (κ2) is 9.71. The Morgan fingerprint density at radius 2 is 2.03 bits per heavy atom. The first-order valence-corrected chi connectivity index (χ1v) is 12.6. The summed E-state index contributed by atoms with van der Waals surface area (Å²) in [6, 6.07) is -0.314. The third kappa shape index (κ3) is 5.79. The smallest absolute Gasteiger partial charge is 0.358 e. The molecule has 3 rings (SSSR count). The highest BCUT2D eigenvalue weighted by molar-refractivity contribution is 7.91. The maximum Gasteiger partial charge on any atom is 0.358 e. The zero-order chi connectivity index (χ0) is 20.9. The van der Waals surface area contributed by atoms with Gasteiger partial charge in [-0.15, -0.1) is 17.9 Å². The summed E-state index contributed by atoms with van der Waals surface area (Å²) in [5.41, 5.74) is 0.141. The molecule has 0 unspecified atom stereocenters. The minimum atomic E-state index is -3.12. The number of nitrogens with zero attached hydrogens (tertiary/aromatic N) is 2. The molecule has 0 radical (unpaired) electrons. The van der Waals surface area contributed by atoms with E-state index in [1.165, 1.54) is 11.3 Å². The Hall–Kier alpha value is -1.94. The molecule has 160 valence electrons. The van der Waals surface area contributed by atoms with Gasteiger partial charge in [-0.1, -0.05) is 25.3 Å². The standard InChI is InChI=1S/C19H27N3O5S2/c1-2-9-20-19-21-16(12-28-19)18(24)27-11-17(23)22(14-6-4-3-5-7-14)15-8-10-29(25,26)13-15/h2,12,14-15H,1,3-11,13H2,(H,20,21)/t15-/m0/s1. The van der Waals surface area contributed by atoms with Crippen LogP contribution in [0.25, 0.3) is 0 Å². The van der Waals surface area contributed by atoms with Crippen molar-refractivity contribution >= 4 is 38.2 Å². The molecule has 1 aromatic heterocycles. The van der Waals surface area contributed by atoms with Crippen molar-refractivity contribution in [2.75, 3.05) is 30.0 Å². The average Bonchev–Trinajstić information content (AvgIpc) is 3.32. The second-order valence-electron chi connectivity index (χ2n) is 7.43. The Bertz CT molecular complexity index is 846. The quantitative estimate of drug-likeness (QED) is 0.487. The molecule has 0 aromatic carbocycles. The van der Waals surface area contributed by atoms with Crippen LogP contribution in [0.1, 0.15) is 49.0 Å². The summed E-state index contributed by atoms with van der Waals surface area (Å²) >= 11 is 1.27. The minimum Gasteiger partial charge on any atom is -0.451 e. The van der Waals surface area contributed by atoms with Crippen molar-refractivity contribution < 1.29 is 22.7 Å². The number of amides is 1. The van der Waals surface area contributed by atoms with Crippen LogP contribution in [0.4, 0.5) is 5.13 Å². The van der Waals surface area contributed by atoms with Gasteiger partial charge in [0.15, 0.2) is 27.3 Å². The van der Waals surface area contributed by atoms with Crippen LogP contribution >= 0.6 is 11.3 Å². The molecule has 2 aliphatic rings. The highest BCUT2D eigenvalue weighted by atomic mass is 32.2. The maximum absolute atomic E-state index is 12.9. The van der Waals surface area contributed by atoms with Crippen LogP contribution in [0.5, 0.6) is 0 Å². The van der Waals surface area contributed by atoms with Gasteiger partial charge in [-0.2, -0.15) is 0 Å². The lowest BCUT2D eigenvalue weighted by Gasteiger charge is -2.38. The van der Waals surface area contributed by atoms with E-state index in [-0.39, 0.29) is 35.2 Å². The maximum atomic E-state index is 12.9. The fourth-order valence-electron chi connectivity index (χ4n) is 3.94. The van der Waals surface area contributed by atoms with Crippen molar-refractivity contribution in [2.24, 2.45) is 0 Å². The topological polar surface area (TPSA) is 106 Å². The van der Waals surface area contributed by atoms with E-state index in [1.54, 1.807) is 16.4 Å². The third-order valence-electron chi connectivity index (χ3n) is 5.30. The van der Waals surface area contributed by atoms with E-state index in [1.807, 2.05) is 0 Å². The lowest BCUT2D eigenvalue weighted by atomic mass is 9.93. The molecule has 1 aliphatic carbocycles. The number of carbonyl (C=O) groups is 2. The molecule has 1 N–H and O–H groups in total. The van der Waals surface area contributed by atoms with Gasteiger partial charge in [0.25, 0.3) is 5.91 Å². The Balaban J connectivity index is 1.62. The summed E-state index contributed by atoms with van der Waals surface area (Å²) in [7, 11) is -3.12. The van der Waals surface area contributed by atoms with Crippen molar-refractivity contribution in [3.8, 4) is 0 Å². The molecule has 1 saturated heterocycles. The molecule has 8 nitrogen and oxygen atoms in total. The minimum absolute atomic E-state index is 0.00634. The first-order chi connectivity index (χ1) is 13.9. The molecule has 2 heterocycles. The van der Waals surface area contributed by atoms with Crippen LogP contribution in [0.2, 0.25) is 0 Å². The molecule has 0 bridgehead atoms. The zero-order valence-corrected chi connectivity index (χ0v) is 18.0. The number of nitrogens with one attached hydrogen (secondary N) is 1. The SMILES string of the molecule is C=CCNc1nc(C(=O)OCC(=O)N(C2CCCCC2)[C@H]2CCS(=O)(=O)C2)cs1. The Kier molecular flexibility index (Phi) is 7.28. The van der Waals surface area contributed by atoms with Gasteiger partial charge >= 0.3 is 5.97 Å². The zero-order valence-electron chi connectivity index (χ0n) is 16.3. The van der Waals surface area contributed by atoms with Crippen LogP contribution in [0.15, 0.2) is 18.0 Å². The number of hydrogen-bond donors (Lipinski definition) is 1. The van der Waals surface area contributed by atoms with Gasteiger partial charge in [-0.05, 0) is 19.3 Å². The van der Waals surface area contributed by atoms with E-state index in [4.69, 9.17) is 4.74 Å². The molecule has 1 amide bonds. The van der Waals surface area contributed by atoms with Crippen molar-refractivity contribution in [3.63, 3.8) is 0 Å². The van der Waals surface area contributed by atoms with Crippen molar-refractivity contribution in [1.82, 2.24) is 9.88 Å². The summed E-state index contributed by atoms with van der Waals surface area (Å²) < 4.78 is 29.1. The number of anilines is 1. The first-order valence-electron chi connectivity index (χ1n) is 9.88. The predicted octanol–water partition coefficient (Wildman–Crippen LogP) is 2.25. The average molecular weight is 442 g/mol. The molecule has 2 fully saturated rings. The largest absolute Gasteiger partial charge is 0.451 e. The van der Waals surface area contributed by atoms with Gasteiger partial charge in [0.05, 0.1) is 11.5 Å². The molecule has 29 heavy (non-hydrogen) atoms. The summed E-state index contributed by atoms with van der Waals surface area (Å²) in [5.74, 6) is -0.891. The van der Waals surface area contributed by atoms with Gasteiger partial charge in [-0.3, -0.25) is 4.79 Å². The monoisotopic (exact) mass is 441 g/mol. The van der Waals surface area contributed by atoms with Crippen LogP contribution in [-0.2, 0) is 19.4 Å². The number of thiazole rings is 1. The van der Waals surface area contributed by atoms with Gasteiger partial charge in [0.1, 0.15) is 0 Å². The van der Waals surface area contributed by atoms with Gasteiger partial charge in [0, 0.05) is 24.0 Å². The molecular formula is C19H27N3O5S2. The van der Waals surface area contributed by atoms with Crippen molar-refractivity contribution in [1.29, 1.82) is 0 Å². The van der Waals surface area contributed by atoms with Crippen LogP contribution in [0, 0.1) is 0 Å². The lowest BCUT2D eigenvalue weighted by molar-refractivity contribution is -0.140. The Morgan fingerprint density at radius 3 is 2.69 bits per heavy atom. The van der Waals surface area contributed by atoms with E-state index in [0.717, 1.165) is 32.1 Å². The number of carbonyl (C=O) groups excluding carboxylic acids is 2. The molecule has 0 spiro atoms. The Morgan fingerprint density at radius 1 is 1.28 bits per heavy atom. The van der Waals surface area contributed by atoms with Crippen LogP contribution < -0.4 is 5.32 Å². The van der Waals surface area contributed by atoms with Gasteiger partial charge < -0.3 is 15.0 Å². The van der Waals surface area contributed by atoms with Crippen molar-refractivity contribution in [2.45, 2.75) is 50.6 Å². The predicted molar refractivity (Wildman–Crippen MR) is 112 cm³/mol. The summed E-state index contributed by atoms with van der Waals surface area (Å²) in [5, 5.41) is 5.13. The van der Waals surface area contributed by atoms with Gasteiger partial charge in [0.2, 0.25) is 0 Å². The number of aromatic nitrogens is 1. The molecule has 1 saturated carbocycles. The number of sulfone groups is 1. The fraction of sp³-hybridized carbons (Fsp3) is 0.632. The van der Waals surface area contributed by atoms with Gasteiger partial charge in [-0.25, -0.2) is 18.2 Å².